The van der Waals surface area contributed by atoms with Gasteiger partial charge in [0.2, 0.25) is 0 Å². The third-order valence-electron chi connectivity index (χ3n) is 3.57. The molecule has 0 bridgehead atoms. The molecule has 0 aliphatic heterocycles. The van der Waals surface area contributed by atoms with Gasteiger partial charge >= 0.3 is 5.97 Å². The Balaban J connectivity index is 1.56. The third kappa shape index (κ3) is 3.61. The van der Waals surface area contributed by atoms with Crippen LogP contribution in [0.1, 0.15) is 10.4 Å². The monoisotopic (exact) mass is 307 g/mol. The summed E-state index contributed by atoms with van der Waals surface area (Å²) < 4.78 is 5.85. The number of carboxylic acid groups (broad SMARTS) is 1. The molecule has 4 nitrogen and oxygen atoms in total. The van der Waals surface area contributed by atoms with Gasteiger partial charge in [0, 0.05) is 17.6 Å². The van der Waals surface area contributed by atoms with E-state index >= 15 is 0 Å². The average Bonchev–Trinajstić information content (AvgIpc) is 2.59. The summed E-state index contributed by atoms with van der Waals surface area (Å²) in [6.07, 6.45) is 0. The van der Waals surface area contributed by atoms with Crippen LogP contribution in [0.5, 0.6) is 5.75 Å². The molecule has 0 heterocycles. The summed E-state index contributed by atoms with van der Waals surface area (Å²) in [7, 11) is 0. The summed E-state index contributed by atoms with van der Waals surface area (Å²) in [5.74, 6) is -0.0537. The highest BCUT2D eigenvalue weighted by atomic mass is 16.5. The summed E-state index contributed by atoms with van der Waals surface area (Å²) in [5.41, 5.74) is 1.15. The third-order valence-corrected chi connectivity index (χ3v) is 3.57. The van der Waals surface area contributed by atoms with E-state index in [-0.39, 0.29) is 5.56 Å². The minimum absolute atomic E-state index is 0.280. The minimum Gasteiger partial charge on any atom is -0.491 e. The van der Waals surface area contributed by atoms with Crippen molar-refractivity contribution in [1.82, 2.24) is 0 Å². The van der Waals surface area contributed by atoms with Crippen molar-refractivity contribution < 1.29 is 14.6 Å². The number of fused-ring (bicyclic) bond motifs is 1. The first-order valence-electron chi connectivity index (χ1n) is 7.42. The van der Waals surface area contributed by atoms with Gasteiger partial charge in [0.1, 0.15) is 12.4 Å². The number of carboxylic acids is 1. The molecule has 0 radical (unpaired) electrons. The molecule has 0 fully saturated rings. The predicted octanol–water partition coefficient (Wildman–Crippen LogP) is 4.03. The van der Waals surface area contributed by atoms with Crippen molar-refractivity contribution in [3.8, 4) is 5.75 Å². The number of anilines is 1. The van der Waals surface area contributed by atoms with Gasteiger partial charge in [-0.2, -0.15) is 0 Å². The standard InChI is InChI=1S/C19H17NO3/c21-19(22)15-8-10-16(11-9-15)20-12-13-23-18-7-3-5-14-4-1-2-6-17(14)18/h1-11,20H,12-13H2,(H,21,22). The van der Waals surface area contributed by atoms with Gasteiger partial charge in [-0.1, -0.05) is 36.4 Å². The number of carbonyl (C=O) groups is 1. The Morgan fingerprint density at radius 2 is 1.70 bits per heavy atom. The van der Waals surface area contributed by atoms with Crippen LogP contribution >= 0.6 is 0 Å². The van der Waals surface area contributed by atoms with Crippen molar-refractivity contribution in [2.45, 2.75) is 0 Å². The van der Waals surface area contributed by atoms with E-state index in [9.17, 15) is 4.79 Å². The molecule has 0 aliphatic rings. The first-order chi connectivity index (χ1) is 11.2. The summed E-state index contributed by atoms with van der Waals surface area (Å²) in [6.45, 7) is 1.16. The highest BCUT2D eigenvalue weighted by Crippen LogP contribution is 2.24. The minimum atomic E-state index is -0.921. The lowest BCUT2D eigenvalue weighted by Gasteiger charge is -2.11. The van der Waals surface area contributed by atoms with E-state index in [1.165, 1.54) is 0 Å². The lowest BCUT2D eigenvalue weighted by atomic mass is 10.1. The van der Waals surface area contributed by atoms with Gasteiger partial charge in [0.15, 0.2) is 0 Å². The molecule has 4 heteroatoms. The molecule has 3 aromatic carbocycles. The fourth-order valence-electron chi connectivity index (χ4n) is 2.41. The van der Waals surface area contributed by atoms with E-state index in [2.05, 4.69) is 17.4 Å². The van der Waals surface area contributed by atoms with Crippen molar-refractivity contribution in [3.63, 3.8) is 0 Å². The normalized spacial score (nSPS) is 10.4. The average molecular weight is 307 g/mol. The van der Waals surface area contributed by atoms with Gasteiger partial charge < -0.3 is 15.2 Å². The Kier molecular flexibility index (Phi) is 4.43. The van der Waals surface area contributed by atoms with Gasteiger partial charge in [-0.3, -0.25) is 0 Å². The molecular formula is C19H17NO3. The second kappa shape index (κ2) is 6.83. The summed E-state index contributed by atoms with van der Waals surface area (Å²) in [5, 5.41) is 14.3. The highest BCUT2D eigenvalue weighted by molar-refractivity contribution is 5.88. The van der Waals surface area contributed by atoms with Crippen LogP contribution in [0.4, 0.5) is 5.69 Å². The van der Waals surface area contributed by atoms with Crippen molar-refractivity contribution in [2.24, 2.45) is 0 Å². The quantitative estimate of drug-likeness (QED) is 0.675. The number of rotatable bonds is 6. The van der Waals surface area contributed by atoms with E-state index in [0.29, 0.717) is 13.2 Å². The largest absolute Gasteiger partial charge is 0.491 e. The maximum absolute atomic E-state index is 10.8. The van der Waals surface area contributed by atoms with Crippen LogP contribution < -0.4 is 10.1 Å². The fraction of sp³-hybridized carbons (Fsp3) is 0.105. The van der Waals surface area contributed by atoms with Crippen LogP contribution in [0.3, 0.4) is 0 Å². The van der Waals surface area contributed by atoms with Gasteiger partial charge in [-0.25, -0.2) is 4.79 Å². The number of benzene rings is 3. The van der Waals surface area contributed by atoms with Gasteiger partial charge in [-0.05, 0) is 35.7 Å². The Morgan fingerprint density at radius 3 is 2.48 bits per heavy atom. The van der Waals surface area contributed by atoms with E-state index in [0.717, 1.165) is 22.2 Å². The molecule has 0 saturated heterocycles. The molecule has 3 rings (SSSR count). The molecule has 0 atom stereocenters. The zero-order chi connectivity index (χ0) is 16.1. The molecule has 0 aromatic heterocycles. The Bertz CT molecular complexity index is 807. The molecule has 0 amide bonds. The van der Waals surface area contributed by atoms with Gasteiger partial charge in [-0.15, -0.1) is 0 Å². The number of hydrogen-bond donors (Lipinski definition) is 2. The maximum Gasteiger partial charge on any atom is 0.335 e. The number of aromatic carboxylic acids is 1. The second-order valence-corrected chi connectivity index (χ2v) is 5.14. The molecule has 0 spiro atoms. The topological polar surface area (TPSA) is 58.6 Å². The predicted molar refractivity (Wildman–Crippen MR) is 91.3 cm³/mol. The first-order valence-corrected chi connectivity index (χ1v) is 7.42. The van der Waals surface area contributed by atoms with Crippen LogP contribution in [-0.4, -0.2) is 24.2 Å². The molecule has 23 heavy (non-hydrogen) atoms. The van der Waals surface area contributed by atoms with Crippen molar-refractivity contribution in [2.75, 3.05) is 18.5 Å². The van der Waals surface area contributed by atoms with E-state index in [1.54, 1.807) is 24.3 Å². The zero-order valence-electron chi connectivity index (χ0n) is 12.5. The van der Waals surface area contributed by atoms with Crippen LogP contribution in [0, 0.1) is 0 Å². The smallest absolute Gasteiger partial charge is 0.335 e. The fourth-order valence-corrected chi connectivity index (χ4v) is 2.41. The van der Waals surface area contributed by atoms with Crippen molar-refractivity contribution >= 4 is 22.4 Å². The molecule has 0 aliphatic carbocycles. The second-order valence-electron chi connectivity index (χ2n) is 5.14. The zero-order valence-corrected chi connectivity index (χ0v) is 12.5. The van der Waals surface area contributed by atoms with Gasteiger partial charge in [0.05, 0.1) is 5.56 Å². The molecular weight excluding hydrogens is 290 g/mol. The van der Waals surface area contributed by atoms with Crippen LogP contribution in [-0.2, 0) is 0 Å². The molecule has 0 unspecified atom stereocenters. The van der Waals surface area contributed by atoms with E-state index in [1.807, 2.05) is 30.3 Å². The van der Waals surface area contributed by atoms with Crippen LogP contribution in [0.25, 0.3) is 10.8 Å². The lowest BCUT2D eigenvalue weighted by molar-refractivity contribution is 0.0697. The Labute approximate surface area is 134 Å². The number of ether oxygens (including phenoxy) is 1. The molecule has 116 valence electrons. The lowest BCUT2D eigenvalue weighted by Crippen LogP contribution is -2.11. The maximum atomic E-state index is 10.8. The Hall–Kier alpha value is -3.01. The molecule has 0 saturated carbocycles. The number of hydrogen-bond acceptors (Lipinski definition) is 3. The molecule has 2 N–H and O–H groups in total. The summed E-state index contributed by atoms with van der Waals surface area (Å²) >= 11 is 0. The van der Waals surface area contributed by atoms with E-state index < -0.39 is 5.97 Å². The summed E-state index contributed by atoms with van der Waals surface area (Å²) in [4.78, 5) is 10.8. The van der Waals surface area contributed by atoms with Gasteiger partial charge in [0.25, 0.3) is 0 Å². The van der Waals surface area contributed by atoms with Crippen molar-refractivity contribution in [3.05, 3.63) is 72.3 Å². The van der Waals surface area contributed by atoms with E-state index in [4.69, 9.17) is 9.84 Å². The summed E-state index contributed by atoms with van der Waals surface area (Å²) in [6, 6.07) is 20.8. The molecule has 3 aromatic rings. The Morgan fingerprint density at radius 1 is 0.957 bits per heavy atom. The van der Waals surface area contributed by atoms with Crippen LogP contribution in [0.2, 0.25) is 0 Å². The van der Waals surface area contributed by atoms with Crippen LogP contribution in [0.15, 0.2) is 66.7 Å². The number of nitrogens with one attached hydrogen (secondary N) is 1. The highest BCUT2D eigenvalue weighted by Gasteiger charge is 2.02. The van der Waals surface area contributed by atoms with Crippen molar-refractivity contribution in [1.29, 1.82) is 0 Å². The SMILES string of the molecule is O=C(O)c1ccc(NCCOc2cccc3ccccc23)cc1. The first kappa shape index (κ1) is 14.9.